The van der Waals surface area contributed by atoms with Gasteiger partial charge in [0.2, 0.25) is 0 Å². The lowest BCUT2D eigenvalue weighted by Crippen LogP contribution is -2.33. The van der Waals surface area contributed by atoms with Crippen LogP contribution in [0.2, 0.25) is 0 Å². The summed E-state index contributed by atoms with van der Waals surface area (Å²) in [6, 6.07) is 4.47. The molecule has 1 unspecified atom stereocenters. The molecule has 2 aliphatic rings. The van der Waals surface area contributed by atoms with Gasteiger partial charge in [-0.15, -0.1) is 0 Å². The smallest absolute Gasteiger partial charge is 0.342 e. The Morgan fingerprint density at radius 2 is 2.12 bits per heavy atom. The van der Waals surface area contributed by atoms with Crippen LogP contribution in [-0.4, -0.2) is 11.8 Å². The summed E-state index contributed by atoms with van der Waals surface area (Å²) in [5.41, 5.74) is -0.359. The van der Waals surface area contributed by atoms with Crippen LogP contribution in [0.4, 0.5) is 4.39 Å². The summed E-state index contributed by atoms with van der Waals surface area (Å²) < 4.78 is 18.9. The molecular weight excluding hydrogens is 223 g/mol. The molecule has 0 bridgehead atoms. The molecule has 88 valence electrons. The molecular formula is C13H11FO3. The number of carbonyl (C=O) groups excluding carboxylic acids is 2. The Bertz CT molecular complexity index is 523. The molecule has 1 fully saturated rings. The average Bonchev–Trinajstić information content (AvgIpc) is 2.53. The minimum absolute atomic E-state index is 0.00204. The zero-order valence-electron chi connectivity index (χ0n) is 9.16. The monoisotopic (exact) mass is 234 g/mol. The van der Waals surface area contributed by atoms with Gasteiger partial charge < -0.3 is 4.74 Å². The van der Waals surface area contributed by atoms with Crippen molar-refractivity contribution < 1.29 is 18.7 Å². The topological polar surface area (TPSA) is 43.4 Å². The van der Waals surface area contributed by atoms with Gasteiger partial charge in [0.15, 0.2) is 0 Å². The molecule has 0 aromatic heterocycles. The maximum Gasteiger partial charge on any atom is 0.342 e. The molecule has 1 aliphatic heterocycles. The lowest BCUT2D eigenvalue weighted by atomic mass is 9.79. The predicted octanol–water partition coefficient (Wildman–Crippen LogP) is 2.33. The highest BCUT2D eigenvalue weighted by Gasteiger charge is 2.49. The van der Waals surface area contributed by atoms with E-state index in [1.165, 1.54) is 6.07 Å². The molecule has 1 spiro atoms. The zero-order chi connectivity index (χ0) is 12.0. The summed E-state index contributed by atoms with van der Waals surface area (Å²) in [7, 11) is 0. The second-order valence-electron chi connectivity index (χ2n) is 4.62. The highest BCUT2D eigenvalue weighted by atomic mass is 19.1. The minimum atomic E-state index is -0.899. The first kappa shape index (κ1) is 10.4. The van der Waals surface area contributed by atoms with Gasteiger partial charge in [-0.25, -0.2) is 9.18 Å². The number of carbonyl (C=O) groups is 2. The third-order valence-electron chi connectivity index (χ3n) is 3.52. The summed E-state index contributed by atoms with van der Waals surface area (Å²) in [6.45, 7) is 0. The fraction of sp³-hybridized carbons (Fsp3) is 0.385. The molecule has 3 nitrogen and oxygen atoms in total. The number of rotatable bonds is 0. The fourth-order valence-electron chi connectivity index (χ4n) is 2.78. The van der Waals surface area contributed by atoms with Crippen LogP contribution in [0.5, 0.6) is 0 Å². The van der Waals surface area contributed by atoms with Crippen molar-refractivity contribution in [2.45, 2.75) is 31.3 Å². The first-order valence-corrected chi connectivity index (χ1v) is 5.66. The third kappa shape index (κ3) is 1.40. The van der Waals surface area contributed by atoms with Crippen molar-refractivity contribution in [1.82, 2.24) is 0 Å². The van der Waals surface area contributed by atoms with E-state index >= 15 is 0 Å². The van der Waals surface area contributed by atoms with Gasteiger partial charge in [0.25, 0.3) is 0 Å². The van der Waals surface area contributed by atoms with Crippen LogP contribution in [0.1, 0.15) is 41.6 Å². The Hall–Kier alpha value is -1.71. The Morgan fingerprint density at radius 1 is 1.29 bits per heavy atom. The molecule has 0 amide bonds. The van der Waals surface area contributed by atoms with E-state index in [0.29, 0.717) is 24.8 Å². The van der Waals surface area contributed by atoms with Crippen LogP contribution < -0.4 is 0 Å². The standard InChI is InChI=1S/C13H11FO3/c14-10-5-1-4-9-11(10)12(16)17-13(9)6-2-3-8(15)7-13/h1,4-5H,2-3,6-7H2. The van der Waals surface area contributed by atoms with Gasteiger partial charge >= 0.3 is 5.97 Å². The molecule has 1 aliphatic carbocycles. The van der Waals surface area contributed by atoms with Crippen LogP contribution in [0.15, 0.2) is 18.2 Å². The number of hydrogen-bond donors (Lipinski definition) is 0. The summed E-state index contributed by atoms with van der Waals surface area (Å²) in [5, 5.41) is 0. The van der Waals surface area contributed by atoms with E-state index in [2.05, 4.69) is 0 Å². The van der Waals surface area contributed by atoms with Gasteiger partial charge in [-0.05, 0) is 18.9 Å². The Kier molecular flexibility index (Phi) is 2.08. The van der Waals surface area contributed by atoms with E-state index in [-0.39, 0.29) is 17.8 Å². The van der Waals surface area contributed by atoms with Crippen LogP contribution in [0.25, 0.3) is 0 Å². The van der Waals surface area contributed by atoms with Gasteiger partial charge in [0.1, 0.15) is 22.8 Å². The molecule has 1 aromatic rings. The van der Waals surface area contributed by atoms with Crippen molar-refractivity contribution in [3.63, 3.8) is 0 Å². The van der Waals surface area contributed by atoms with Gasteiger partial charge in [0, 0.05) is 12.0 Å². The SMILES string of the molecule is O=C1CCCC2(C1)OC(=O)c1c(F)cccc12. The van der Waals surface area contributed by atoms with Crippen molar-refractivity contribution in [3.8, 4) is 0 Å². The minimum Gasteiger partial charge on any atom is -0.450 e. The van der Waals surface area contributed by atoms with E-state index in [9.17, 15) is 14.0 Å². The van der Waals surface area contributed by atoms with Gasteiger partial charge in [-0.1, -0.05) is 12.1 Å². The van der Waals surface area contributed by atoms with Crippen molar-refractivity contribution >= 4 is 11.8 Å². The van der Waals surface area contributed by atoms with Gasteiger partial charge in [-0.2, -0.15) is 0 Å². The Morgan fingerprint density at radius 3 is 2.88 bits per heavy atom. The van der Waals surface area contributed by atoms with E-state index in [4.69, 9.17) is 4.74 Å². The number of benzene rings is 1. The Labute approximate surface area is 97.6 Å². The lowest BCUT2D eigenvalue weighted by Gasteiger charge is -2.31. The van der Waals surface area contributed by atoms with Crippen LogP contribution in [0.3, 0.4) is 0 Å². The van der Waals surface area contributed by atoms with E-state index < -0.39 is 17.4 Å². The molecule has 0 saturated heterocycles. The van der Waals surface area contributed by atoms with Crippen molar-refractivity contribution in [3.05, 3.63) is 35.1 Å². The molecule has 0 N–H and O–H groups in total. The Balaban J connectivity index is 2.15. The van der Waals surface area contributed by atoms with E-state index in [0.717, 1.165) is 0 Å². The predicted molar refractivity (Wildman–Crippen MR) is 57.0 cm³/mol. The molecule has 4 heteroatoms. The summed E-state index contributed by atoms with van der Waals surface area (Å²) in [4.78, 5) is 23.2. The first-order chi connectivity index (χ1) is 8.12. The lowest BCUT2D eigenvalue weighted by molar-refractivity contribution is -0.128. The van der Waals surface area contributed by atoms with E-state index in [1.54, 1.807) is 12.1 Å². The molecule has 1 heterocycles. The molecule has 0 radical (unpaired) electrons. The van der Waals surface area contributed by atoms with E-state index in [1.807, 2.05) is 0 Å². The summed E-state index contributed by atoms with van der Waals surface area (Å²) >= 11 is 0. The van der Waals surface area contributed by atoms with Crippen molar-refractivity contribution in [1.29, 1.82) is 0 Å². The highest BCUT2D eigenvalue weighted by Crippen LogP contribution is 2.46. The maximum absolute atomic E-state index is 13.6. The number of ether oxygens (including phenoxy) is 1. The van der Waals surface area contributed by atoms with Crippen LogP contribution in [0, 0.1) is 5.82 Å². The highest BCUT2D eigenvalue weighted by molar-refractivity contribution is 5.96. The number of ketones is 1. The second kappa shape index (κ2) is 3.39. The van der Waals surface area contributed by atoms with Crippen LogP contribution in [-0.2, 0) is 15.1 Å². The fourth-order valence-corrected chi connectivity index (χ4v) is 2.78. The van der Waals surface area contributed by atoms with Gasteiger partial charge in [0.05, 0.1) is 6.42 Å². The number of Topliss-reactive ketones (excluding diaryl/α,β-unsaturated/α-hetero) is 1. The molecule has 1 saturated carbocycles. The summed E-state index contributed by atoms with van der Waals surface area (Å²) in [5.74, 6) is -1.14. The maximum atomic E-state index is 13.6. The number of hydrogen-bond acceptors (Lipinski definition) is 3. The number of esters is 1. The summed E-state index contributed by atoms with van der Waals surface area (Å²) in [6.07, 6.45) is 1.97. The van der Waals surface area contributed by atoms with Crippen molar-refractivity contribution in [2.75, 3.05) is 0 Å². The number of halogens is 1. The van der Waals surface area contributed by atoms with Crippen LogP contribution >= 0.6 is 0 Å². The molecule has 1 aromatic carbocycles. The quantitative estimate of drug-likeness (QED) is 0.647. The first-order valence-electron chi connectivity index (χ1n) is 5.66. The normalized spacial score (nSPS) is 27.1. The second-order valence-corrected chi connectivity index (χ2v) is 4.62. The van der Waals surface area contributed by atoms with Crippen molar-refractivity contribution in [2.24, 2.45) is 0 Å². The third-order valence-corrected chi connectivity index (χ3v) is 3.52. The average molecular weight is 234 g/mol. The number of fused-ring (bicyclic) bond motifs is 2. The molecule has 3 rings (SSSR count). The molecule has 17 heavy (non-hydrogen) atoms. The van der Waals surface area contributed by atoms with Gasteiger partial charge in [-0.3, -0.25) is 4.79 Å². The largest absolute Gasteiger partial charge is 0.450 e. The zero-order valence-corrected chi connectivity index (χ0v) is 9.16. The molecule has 1 atom stereocenters.